The fourth-order valence-corrected chi connectivity index (χ4v) is 4.40. The number of rotatable bonds is 5. The Labute approximate surface area is 187 Å². The van der Waals surface area contributed by atoms with E-state index in [1.165, 1.54) is 4.90 Å². The van der Waals surface area contributed by atoms with Crippen molar-refractivity contribution in [2.24, 2.45) is 5.92 Å². The number of hydrogen-bond donors (Lipinski definition) is 0. The molecule has 0 aliphatic carbocycles. The average Bonchev–Trinajstić information content (AvgIpc) is 3.23. The minimum Gasteiger partial charge on any atom is -0.466 e. The van der Waals surface area contributed by atoms with Crippen molar-refractivity contribution in [3.63, 3.8) is 0 Å². The molecule has 0 aromatic heterocycles. The second-order valence-corrected chi connectivity index (χ2v) is 8.11. The van der Waals surface area contributed by atoms with Crippen molar-refractivity contribution in [2.45, 2.75) is 38.8 Å². The summed E-state index contributed by atoms with van der Waals surface area (Å²) in [7, 11) is 0. The van der Waals surface area contributed by atoms with Gasteiger partial charge in [0.1, 0.15) is 12.6 Å². The van der Waals surface area contributed by atoms with Gasteiger partial charge in [-0.25, -0.2) is 4.79 Å². The average molecular weight is 437 g/mol. The van der Waals surface area contributed by atoms with Gasteiger partial charge in [0.2, 0.25) is 5.91 Å². The number of hydrogen-bond acceptors (Lipinski definition) is 5. The van der Waals surface area contributed by atoms with Crippen LogP contribution in [0.2, 0.25) is 0 Å². The van der Waals surface area contributed by atoms with Crippen LogP contribution in [0.25, 0.3) is 0 Å². The van der Waals surface area contributed by atoms with Crippen LogP contribution in [0.4, 0.5) is 10.5 Å². The van der Waals surface area contributed by atoms with E-state index in [0.717, 1.165) is 11.1 Å². The predicted octanol–water partition coefficient (Wildman–Crippen LogP) is 3.56. The predicted molar refractivity (Wildman–Crippen MR) is 119 cm³/mol. The number of fused-ring (bicyclic) bond motifs is 1. The highest BCUT2D eigenvalue weighted by Gasteiger charge is 2.42. The number of esters is 1. The van der Waals surface area contributed by atoms with E-state index in [0.29, 0.717) is 44.6 Å². The van der Waals surface area contributed by atoms with Gasteiger partial charge >= 0.3 is 12.1 Å². The van der Waals surface area contributed by atoms with Crippen LogP contribution in [0.3, 0.4) is 0 Å². The second kappa shape index (κ2) is 9.85. The molecular weight excluding hydrogens is 408 g/mol. The van der Waals surface area contributed by atoms with Gasteiger partial charge in [-0.2, -0.15) is 0 Å². The smallest absolute Gasteiger partial charge is 0.415 e. The molecule has 32 heavy (non-hydrogen) atoms. The Hall–Kier alpha value is -3.35. The van der Waals surface area contributed by atoms with E-state index in [2.05, 4.69) is 0 Å². The fraction of sp³-hybridized carbons (Fsp3) is 0.400. The minimum absolute atomic E-state index is 0.111. The summed E-state index contributed by atoms with van der Waals surface area (Å²) in [6, 6.07) is 16.4. The highest BCUT2D eigenvalue weighted by Crippen LogP contribution is 2.34. The Morgan fingerprint density at radius 3 is 2.34 bits per heavy atom. The standard InChI is InChI=1S/C25H28N2O5/c1-2-31-24(29)19-12-14-26(15-13-19)23(28)22-16-20-10-6-7-11-21(20)27(22)25(30)32-17-18-8-4-3-5-9-18/h3-11,19,22H,2,12-17H2,1H3/t22-/m0/s1. The maximum Gasteiger partial charge on any atom is 0.415 e. The fourth-order valence-electron chi connectivity index (χ4n) is 4.40. The monoisotopic (exact) mass is 436 g/mol. The lowest BCUT2D eigenvalue weighted by molar-refractivity contribution is -0.151. The maximum atomic E-state index is 13.4. The number of likely N-dealkylation sites (tertiary alicyclic amines) is 1. The molecule has 1 atom stereocenters. The zero-order valence-electron chi connectivity index (χ0n) is 18.2. The van der Waals surface area contributed by atoms with E-state index in [1.54, 1.807) is 11.8 Å². The normalized spacial score (nSPS) is 18.2. The van der Waals surface area contributed by atoms with Crippen LogP contribution >= 0.6 is 0 Å². The van der Waals surface area contributed by atoms with Gasteiger partial charge in [-0.05, 0) is 37.0 Å². The Morgan fingerprint density at radius 2 is 1.62 bits per heavy atom. The molecule has 7 heteroatoms. The molecule has 0 radical (unpaired) electrons. The number of ether oxygens (including phenoxy) is 2. The van der Waals surface area contributed by atoms with Gasteiger partial charge in [0.05, 0.1) is 18.2 Å². The summed E-state index contributed by atoms with van der Waals surface area (Å²) in [6.07, 6.45) is 1.07. The molecule has 168 valence electrons. The number of benzene rings is 2. The summed E-state index contributed by atoms with van der Waals surface area (Å²) in [6.45, 7) is 3.24. The number of nitrogens with zero attached hydrogens (tertiary/aromatic N) is 2. The van der Waals surface area contributed by atoms with Gasteiger partial charge in [0.25, 0.3) is 0 Å². The van der Waals surface area contributed by atoms with E-state index < -0.39 is 12.1 Å². The van der Waals surface area contributed by atoms with Gasteiger partial charge in [0, 0.05) is 19.5 Å². The molecule has 2 aromatic rings. The second-order valence-electron chi connectivity index (χ2n) is 8.11. The summed E-state index contributed by atoms with van der Waals surface area (Å²) >= 11 is 0. The molecule has 2 amide bonds. The third-order valence-electron chi connectivity index (χ3n) is 6.09. The van der Waals surface area contributed by atoms with Gasteiger partial charge in [-0.3, -0.25) is 14.5 Å². The highest BCUT2D eigenvalue weighted by atomic mass is 16.6. The van der Waals surface area contributed by atoms with Crippen LogP contribution in [-0.2, 0) is 32.1 Å². The first-order chi connectivity index (χ1) is 15.6. The summed E-state index contributed by atoms with van der Waals surface area (Å²) in [5, 5.41) is 0. The number of amides is 2. The zero-order valence-corrected chi connectivity index (χ0v) is 18.2. The van der Waals surface area contributed by atoms with Crippen molar-refractivity contribution in [1.82, 2.24) is 4.90 Å². The van der Waals surface area contributed by atoms with Crippen LogP contribution in [0, 0.1) is 5.92 Å². The van der Waals surface area contributed by atoms with Gasteiger partial charge in [0.15, 0.2) is 0 Å². The molecule has 2 heterocycles. The topological polar surface area (TPSA) is 76.2 Å². The number of carbonyl (C=O) groups is 3. The molecule has 2 aliphatic heterocycles. The third kappa shape index (κ3) is 4.61. The van der Waals surface area contributed by atoms with Crippen LogP contribution < -0.4 is 4.90 Å². The minimum atomic E-state index is -0.644. The first-order valence-corrected chi connectivity index (χ1v) is 11.1. The zero-order chi connectivity index (χ0) is 22.5. The number of carbonyl (C=O) groups excluding carboxylic acids is 3. The molecule has 0 spiro atoms. The Bertz CT molecular complexity index is 969. The quantitative estimate of drug-likeness (QED) is 0.670. The summed E-state index contributed by atoms with van der Waals surface area (Å²) in [4.78, 5) is 41.7. The Balaban J connectivity index is 1.45. The molecule has 0 bridgehead atoms. The van der Waals surface area contributed by atoms with Crippen molar-refractivity contribution in [3.05, 3.63) is 65.7 Å². The van der Waals surface area contributed by atoms with Crippen LogP contribution in [-0.4, -0.2) is 48.6 Å². The van der Waals surface area contributed by atoms with Gasteiger partial charge < -0.3 is 14.4 Å². The highest BCUT2D eigenvalue weighted by molar-refractivity contribution is 6.00. The summed E-state index contributed by atoms with van der Waals surface area (Å²) in [5.74, 6) is -0.481. The summed E-state index contributed by atoms with van der Waals surface area (Å²) < 4.78 is 10.7. The van der Waals surface area contributed by atoms with Gasteiger partial charge in [-0.1, -0.05) is 48.5 Å². The van der Waals surface area contributed by atoms with Crippen LogP contribution in [0.15, 0.2) is 54.6 Å². The molecule has 7 nitrogen and oxygen atoms in total. The van der Waals surface area contributed by atoms with E-state index >= 15 is 0 Å². The Morgan fingerprint density at radius 1 is 0.938 bits per heavy atom. The summed E-state index contributed by atoms with van der Waals surface area (Å²) in [5.41, 5.74) is 2.55. The lowest BCUT2D eigenvalue weighted by atomic mass is 9.96. The lowest BCUT2D eigenvalue weighted by Gasteiger charge is -2.34. The largest absolute Gasteiger partial charge is 0.466 e. The van der Waals surface area contributed by atoms with E-state index in [1.807, 2.05) is 54.6 Å². The van der Waals surface area contributed by atoms with Crippen molar-refractivity contribution in [1.29, 1.82) is 0 Å². The van der Waals surface area contributed by atoms with Crippen LogP contribution in [0.1, 0.15) is 30.9 Å². The first kappa shape index (κ1) is 21.9. The van der Waals surface area contributed by atoms with Crippen molar-refractivity contribution >= 4 is 23.7 Å². The molecule has 1 fully saturated rings. The van der Waals surface area contributed by atoms with Crippen LogP contribution in [0.5, 0.6) is 0 Å². The lowest BCUT2D eigenvalue weighted by Crippen LogP contribution is -2.52. The van der Waals surface area contributed by atoms with E-state index in [4.69, 9.17) is 9.47 Å². The molecule has 2 aliphatic rings. The number of piperidine rings is 1. The Kier molecular flexibility index (Phi) is 6.73. The molecule has 1 saturated heterocycles. The van der Waals surface area contributed by atoms with Gasteiger partial charge in [-0.15, -0.1) is 0 Å². The maximum absolute atomic E-state index is 13.4. The van der Waals surface area contributed by atoms with Crippen molar-refractivity contribution in [3.8, 4) is 0 Å². The molecule has 0 unspecified atom stereocenters. The molecule has 0 saturated carbocycles. The van der Waals surface area contributed by atoms with E-state index in [9.17, 15) is 14.4 Å². The third-order valence-corrected chi connectivity index (χ3v) is 6.09. The van der Waals surface area contributed by atoms with Crippen molar-refractivity contribution in [2.75, 3.05) is 24.6 Å². The van der Waals surface area contributed by atoms with E-state index in [-0.39, 0.29) is 24.4 Å². The van der Waals surface area contributed by atoms with Crippen molar-refractivity contribution < 1.29 is 23.9 Å². The number of para-hydroxylation sites is 1. The SMILES string of the molecule is CCOC(=O)C1CCN(C(=O)[C@@H]2Cc3ccccc3N2C(=O)OCc2ccccc2)CC1. The molecular formula is C25H28N2O5. The number of anilines is 1. The molecule has 2 aromatic carbocycles. The first-order valence-electron chi connectivity index (χ1n) is 11.1. The molecule has 0 N–H and O–H groups in total. The molecule has 4 rings (SSSR count).